The minimum absolute atomic E-state index is 0. The van der Waals surface area contributed by atoms with Gasteiger partial charge in [-0.3, -0.25) is 0 Å². The van der Waals surface area contributed by atoms with Crippen LogP contribution in [0.1, 0.15) is 0 Å². The van der Waals surface area contributed by atoms with Crippen LogP contribution in [0.5, 0.6) is 0 Å². The first kappa shape index (κ1) is 20.7. The first-order valence-electron chi connectivity index (χ1n) is 8.64. The third-order valence-electron chi connectivity index (χ3n) is 3.99. The van der Waals surface area contributed by atoms with Crippen molar-refractivity contribution in [2.24, 2.45) is 0 Å². The van der Waals surface area contributed by atoms with Crippen molar-refractivity contribution in [1.29, 1.82) is 0 Å². The number of hydrogen-bond acceptors (Lipinski definition) is 1. The largest absolute Gasteiger partial charge is 2.00 e. The Morgan fingerprint density at radius 3 is 1.74 bits per heavy atom. The molecule has 0 atom stereocenters. The van der Waals surface area contributed by atoms with Crippen LogP contribution in [-0.2, 0) is 20.4 Å². The van der Waals surface area contributed by atoms with Crippen molar-refractivity contribution in [3.8, 4) is 22.3 Å². The van der Waals surface area contributed by atoms with Gasteiger partial charge in [0.25, 0.3) is 0 Å². The third kappa shape index (κ3) is 5.93. The van der Waals surface area contributed by atoms with Crippen molar-refractivity contribution in [3.05, 3.63) is 115 Å². The van der Waals surface area contributed by atoms with Crippen LogP contribution in [0.3, 0.4) is 0 Å². The van der Waals surface area contributed by atoms with Gasteiger partial charge in [0.1, 0.15) is 0 Å². The predicted octanol–water partition coefficient (Wildman–Crippen LogP) is 6.35. The molecule has 4 aromatic carbocycles. The average molecular weight is 442 g/mol. The molecule has 4 aromatic rings. The van der Waals surface area contributed by atoms with Crippen molar-refractivity contribution < 1.29 is 20.4 Å². The van der Waals surface area contributed by atoms with E-state index in [0.717, 1.165) is 16.8 Å². The number of para-hydroxylation sites is 1. The molecule has 0 unspecified atom stereocenters. The Morgan fingerprint density at radius 2 is 1.15 bits per heavy atom. The minimum atomic E-state index is 0. The molecule has 0 aliphatic rings. The summed E-state index contributed by atoms with van der Waals surface area (Å²) in [5.41, 5.74) is 5.82. The molecular weight excluding hydrogens is 421 g/mol. The van der Waals surface area contributed by atoms with Crippen LogP contribution in [0.25, 0.3) is 22.3 Å². The molecule has 4 rings (SSSR count). The molecule has 0 aromatic heterocycles. The van der Waals surface area contributed by atoms with Gasteiger partial charge in [-0.1, -0.05) is 59.7 Å². The summed E-state index contributed by atoms with van der Waals surface area (Å²) < 4.78 is 0. The van der Waals surface area contributed by atoms with Crippen molar-refractivity contribution in [1.82, 2.24) is 0 Å². The van der Waals surface area contributed by atoms with Crippen LogP contribution in [0, 0.1) is 12.1 Å². The molecule has 2 heteroatoms. The maximum Gasteiger partial charge on any atom is 2.00 e. The summed E-state index contributed by atoms with van der Waals surface area (Å²) in [5.74, 6) is 0. The smallest absolute Gasteiger partial charge is 0.395 e. The second-order valence-electron chi connectivity index (χ2n) is 5.71. The molecule has 0 saturated carbocycles. The van der Waals surface area contributed by atoms with E-state index < -0.39 is 0 Å². The second kappa shape index (κ2) is 11.1. The van der Waals surface area contributed by atoms with Crippen LogP contribution in [0.15, 0.2) is 103 Å². The van der Waals surface area contributed by atoms with E-state index >= 15 is 0 Å². The Morgan fingerprint density at radius 1 is 0.593 bits per heavy atom. The molecule has 0 radical (unpaired) electrons. The fourth-order valence-electron chi connectivity index (χ4n) is 2.69. The van der Waals surface area contributed by atoms with E-state index in [1.54, 1.807) is 0 Å². The number of benzene rings is 4. The molecule has 0 bridgehead atoms. The normalized spacial score (nSPS) is 9.37. The monoisotopic (exact) mass is 441 g/mol. The van der Waals surface area contributed by atoms with Crippen LogP contribution in [0.2, 0.25) is 0 Å². The summed E-state index contributed by atoms with van der Waals surface area (Å²) in [6.45, 7) is 0. The Hall–Kier alpha value is -2.66. The van der Waals surface area contributed by atoms with Gasteiger partial charge in [-0.15, -0.1) is 71.8 Å². The van der Waals surface area contributed by atoms with E-state index in [4.69, 9.17) is 0 Å². The van der Waals surface area contributed by atoms with Gasteiger partial charge in [0.15, 0.2) is 0 Å². The van der Waals surface area contributed by atoms with Gasteiger partial charge in [0.05, 0.1) is 0 Å². The number of hydrogen-bond donors (Lipinski definition) is 1. The van der Waals surface area contributed by atoms with Crippen molar-refractivity contribution in [2.45, 2.75) is 0 Å². The summed E-state index contributed by atoms with van der Waals surface area (Å²) in [4.78, 5) is 0. The molecule has 0 amide bonds. The minimum Gasteiger partial charge on any atom is -0.395 e. The molecule has 0 saturated heterocycles. The zero-order chi connectivity index (χ0) is 18.0. The predicted molar refractivity (Wildman–Crippen MR) is 111 cm³/mol. The molecule has 0 aliphatic carbocycles. The van der Waals surface area contributed by atoms with Gasteiger partial charge >= 0.3 is 20.4 Å². The Balaban J connectivity index is 0.000000189. The van der Waals surface area contributed by atoms with E-state index in [1.165, 1.54) is 11.1 Å². The molecule has 27 heavy (non-hydrogen) atoms. The van der Waals surface area contributed by atoms with E-state index in [9.17, 15) is 0 Å². The second-order valence-corrected chi connectivity index (χ2v) is 5.71. The van der Waals surface area contributed by atoms with Crippen LogP contribution in [-0.4, -0.2) is 7.05 Å². The van der Waals surface area contributed by atoms with E-state index in [0.29, 0.717) is 0 Å². The Labute approximate surface area is 175 Å². The van der Waals surface area contributed by atoms with Crippen molar-refractivity contribution in [2.75, 3.05) is 12.4 Å². The first-order valence-corrected chi connectivity index (χ1v) is 8.64. The molecule has 136 valence electrons. The van der Waals surface area contributed by atoms with Crippen LogP contribution in [0.4, 0.5) is 5.69 Å². The molecule has 0 aliphatic heterocycles. The molecule has 1 N–H and O–H groups in total. The number of anilines is 1. The van der Waals surface area contributed by atoms with E-state index in [-0.39, 0.29) is 20.4 Å². The average Bonchev–Trinajstić information content (AvgIpc) is 2.76. The third-order valence-corrected chi connectivity index (χ3v) is 3.99. The van der Waals surface area contributed by atoms with E-state index in [1.807, 2.05) is 73.8 Å². The Kier molecular flexibility index (Phi) is 8.52. The molecule has 0 fully saturated rings. The first-order chi connectivity index (χ1) is 12.9. The summed E-state index contributed by atoms with van der Waals surface area (Å²) in [6, 6.07) is 40.9. The van der Waals surface area contributed by atoms with Crippen LogP contribution >= 0.6 is 0 Å². The quantitative estimate of drug-likeness (QED) is 0.288. The van der Waals surface area contributed by atoms with Crippen molar-refractivity contribution >= 4 is 5.69 Å². The van der Waals surface area contributed by atoms with Gasteiger partial charge in [0.2, 0.25) is 0 Å². The number of nitrogens with one attached hydrogen (secondary N) is 1. The molecule has 0 heterocycles. The molecular formula is C25H21NPd. The summed E-state index contributed by atoms with van der Waals surface area (Å²) in [7, 11) is 1.93. The maximum atomic E-state index is 3.22. The molecule has 1 nitrogen and oxygen atoms in total. The summed E-state index contributed by atoms with van der Waals surface area (Å²) in [5, 5.41) is 3.17. The van der Waals surface area contributed by atoms with Crippen molar-refractivity contribution in [3.63, 3.8) is 0 Å². The topological polar surface area (TPSA) is 12.0 Å². The van der Waals surface area contributed by atoms with Gasteiger partial charge in [-0.25, -0.2) is 0 Å². The molecule has 0 spiro atoms. The zero-order valence-electron chi connectivity index (χ0n) is 15.1. The summed E-state index contributed by atoms with van der Waals surface area (Å²) in [6.07, 6.45) is 0. The van der Waals surface area contributed by atoms with Gasteiger partial charge in [-0.2, -0.15) is 0 Å². The van der Waals surface area contributed by atoms with Gasteiger partial charge in [0, 0.05) is 7.05 Å². The zero-order valence-corrected chi connectivity index (χ0v) is 16.7. The fraction of sp³-hybridized carbons (Fsp3) is 0.0400. The van der Waals surface area contributed by atoms with Gasteiger partial charge in [-0.05, 0) is 11.8 Å². The fourth-order valence-corrected chi connectivity index (χ4v) is 2.69. The summed E-state index contributed by atoms with van der Waals surface area (Å²) >= 11 is 0. The standard InChI is InChI=1S/C13H12N.C12H9.Pd/c1-14-13-10-6-5-9-12(13)11-7-3-2-4-8-11;1-3-7-11(8-4-1)12-9-5-2-6-10-12;/h2-7,9-10,14H,1H3;1-9H;/q2*-1;+2. The number of rotatable bonds is 3. The SMILES string of the molecule is CNc1ccccc1-c1[c-]cccc1.[Pd+2].[c-]1ccccc1-c1ccccc1. The Bertz CT molecular complexity index is 869. The van der Waals surface area contributed by atoms with E-state index in [2.05, 4.69) is 53.8 Å². The van der Waals surface area contributed by atoms with Gasteiger partial charge < -0.3 is 5.32 Å². The maximum absolute atomic E-state index is 3.22. The van der Waals surface area contributed by atoms with Crippen LogP contribution < -0.4 is 5.32 Å².